The lowest BCUT2D eigenvalue weighted by atomic mass is 10.2. The van der Waals surface area contributed by atoms with Crippen LogP contribution in [0.5, 0.6) is 5.88 Å². The summed E-state index contributed by atoms with van der Waals surface area (Å²) in [5.74, 6) is -1.15. The van der Waals surface area contributed by atoms with Crippen LogP contribution in [0.25, 0.3) is 5.65 Å². The molecule has 0 aliphatic rings. The standard InChI is InChI=1S/C17H24N4O3/c1-4-5-8-20(3)10-7-18-15(22)14-16(23)19-13-11-12(2)6-9-21(13)17(14)24/h6,9,11,23H,4-5,7-8,10H2,1-3H3,(H,18,22). The first kappa shape index (κ1) is 17.9. The van der Waals surface area contributed by atoms with E-state index >= 15 is 0 Å². The lowest BCUT2D eigenvalue weighted by Gasteiger charge is -2.16. The quantitative estimate of drug-likeness (QED) is 0.795. The maximum atomic E-state index is 12.4. The SMILES string of the molecule is CCCCN(C)CCNC(=O)c1c(O)nc2cc(C)ccn2c1=O. The Kier molecular flexibility index (Phi) is 5.92. The molecule has 0 aromatic carbocycles. The molecule has 0 saturated carbocycles. The Morgan fingerprint density at radius 2 is 2.17 bits per heavy atom. The first-order chi connectivity index (χ1) is 11.4. The molecule has 0 radical (unpaired) electrons. The number of hydrogen-bond acceptors (Lipinski definition) is 5. The van der Waals surface area contributed by atoms with Crippen LogP contribution in [-0.2, 0) is 0 Å². The number of fused-ring (bicyclic) bond motifs is 1. The van der Waals surface area contributed by atoms with E-state index in [9.17, 15) is 14.7 Å². The van der Waals surface area contributed by atoms with Crippen LogP contribution in [0.1, 0.15) is 35.7 Å². The van der Waals surface area contributed by atoms with Gasteiger partial charge in [0.1, 0.15) is 5.65 Å². The van der Waals surface area contributed by atoms with E-state index in [1.54, 1.807) is 18.3 Å². The highest BCUT2D eigenvalue weighted by Gasteiger charge is 2.19. The number of pyridine rings is 1. The molecule has 130 valence electrons. The number of unbranched alkanes of at least 4 members (excludes halogenated alkanes) is 1. The van der Waals surface area contributed by atoms with Gasteiger partial charge in [0.25, 0.3) is 11.5 Å². The van der Waals surface area contributed by atoms with Crippen molar-refractivity contribution in [3.8, 4) is 5.88 Å². The van der Waals surface area contributed by atoms with Crippen molar-refractivity contribution < 1.29 is 9.90 Å². The number of nitrogens with one attached hydrogen (secondary N) is 1. The predicted molar refractivity (Wildman–Crippen MR) is 92.6 cm³/mol. The highest BCUT2D eigenvalue weighted by Crippen LogP contribution is 2.12. The first-order valence-electron chi connectivity index (χ1n) is 8.12. The second-order valence-electron chi connectivity index (χ2n) is 5.96. The molecule has 0 saturated heterocycles. The number of aryl methyl sites for hydroxylation is 1. The lowest BCUT2D eigenvalue weighted by Crippen LogP contribution is -2.36. The van der Waals surface area contributed by atoms with Crippen molar-refractivity contribution in [3.63, 3.8) is 0 Å². The number of carbonyl (C=O) groups is 1. The smallest absolute Gasteiger partial charge is 0.274 e. The molecule has 0 spiro atoms. The van der Waals surface area contributed by atoms with Gasteiger partial charge in [-0.15, -0.1) is 0 Å². The summed E-state index contributed by atoms with van der Waals surface area (Å²) in [6, 6.07) is 3.42. The molecule has 2 rings (SSSR count). The molecule has 2 aromatic rings. The zero-order chi connectivity index (χ0) is 17.7. The monoisotopic (exact) mass is 332 g/mol. The minimum absolute atomic E-state index is 0.313. The molecule has 2 N–H and O–H groups in total. The first-order valence-corrected chi connectivity index (χ1v) is 8.12. The van der Waals surface area contributed by atoms with Crippen LogP contribution >= 0.6 is 0 Å². The normalized spacial score (nSPS) is 11.2. The zero-order valence-electron chi connectivity index (χ0n) is 14.4. The van der Waals surface area contributed by atoms with Crippen LogP contribution in [0.15, 0.2) is 23.1 Å². The highest BCUT2D eigenvalue weighted by atomic mass is 16.3. The van der Waals surface area contributed by atoms with Gasteiger partial charge in [-0.05, 0) is 44.6 Å². The van der Waals surface area contributed by atoms with E-state index in [-0.39, 0.29) is 5.56 Å². The summed E-state index contributed by atoms with van der Waals surface area (Å²) in [7, 11) is 1.98. The van der Waals surface area contributed by atoms with Crippen molar-refractivity contribution in [3.05, 3.63) is 39.8 Å². The van der Waals surface area contributed by atoms with Crippen molar-refractivity contribution in [2.75, 3.05) is 26.7 Å². The van der Waals surface area contributed by atoms with E-state index < -0.39 is 17.3 Å². The van der Waals surface area contributed by atoms with Crippen LogP contribution in [0.3, 0.4) is 0 Å². The van der Waals surface area contributed by atoms with E-state index in [0.717, 1.165) is 24.9 Å². The van der Waals surface area contributed by atoms with Gasteiger partial charge in [-0.2, -0.15) is 4.98 Å². The van der Waals surface area contributed by atoms with Gasteiger partial charge in [0.2, 0.25) is 5.88 Å². The molecule has 24 heavy (non-hydrogen) atoms. The van der Waals surface area contributed by atoms with Gasteiger partial charge >= 0.3 is 0 Å². The molecule has 1 amide bonds. The Morgan fingerprint density at radius 1 is 1.42 bits per heavy atom. The zero-order valence-corrected chi connectivity index (χ0v) is 14.4. The van der Waals surface area contributed by atoms with Gasteiger partial charge in [-0.25, -0.2) is 0 Å². The Morgan fingerprint density at radius 3 is 2.88 bits per heavy atom. The molecule has 0 bridgehead atoms. The highest BCUT2D eigenvalue weighted by molar-refractivity contribution is 5.96. The minimum Gasteiger partial charge on any atom is -0.493 e. The summed E-state index contributed by atoms with van der Waals surface area (Å²) in [6.45, 7) is 6.01. The molecule has 0 aliphatic carbocycles. The maximum Gasteiger partial charge on any atom is 0.274 e. The third-order valence-electron chi connectivity index (χ3n) is 3.87. The summed E-state index contributed by atoms with van der Waals surface area (Å²) in [5, 5.41) is 12.6. The van der Waals surface area contributed by atoms with E-state index in [1.165, 1.54) is 4.40 Å². The molecule has 7 heteroatoms. The van der Waals surface area contributed by atoms with Gasteiger partial charge in [0.05, 0.1) is 0 Å². The van der Waals surface area contributed by atoms with Crippen LogP contribution in [0.2, 0.25) is 0 Å². The summed E-state index contributed by atoms with van der Waals surface area (Å²) in [4.78, 5) is 30.7. The third-order valence-corrected chi connectivity index (χ3v) is 3.87. The van der Waals surface area contributed by atoms with Gasteiger partial charge in [0, 0.05) is 19.3 Å². The predicted octanol–water partition coefficient (Wildman–Crippen LogP) is 1.17. The van der Waals surface area contributed by atoms with Gasteiger partial charge in [-0.3, -0.25) is 14.0 Å². The largest absolute Gasteiger partial charge is 0.493 e. The summed E-state index contributed by atoms with van der Waals surface area (Å²) in [6.07, 6.45) is 3.76. The Bertz CT molecular complexity index is 785. The topological polar surface area (TPSA) is 86.9 Å². The molecular formula is C17H24N4O3. The maximum absolute atomic E-state index is 12.4. The number of likely N-dealkylation sites (N-methyl/N-ethyl adjacent to an activating group) is 1. The second-order valence-corrected chi connectivity index (χ2v) is 5.96. The summed E-state index contributed by atoms with van der Waals surface area (Å²) in [5.41, 5.74) is 0.323. The molecule has 0 unspecified atom stereocenters. The molecule has 0 aliphatic heterocycles. The average molecular weight is 332 g/mol. The summed E-state index contributed by atoms with van der Waals surface area (Å²) >= 11 is 0. The number of amides is 1. The van der Waals surface area contributed by atoms with Crippen molar-refractivity contribution in [2.45, 2.75) is 26.7 Å². The van der Waals surface area contributed by atoms with Crippen molar-refractivity contribution in [1.82, 2.24) is 19.6 Å². The number of rotatable bonds is 7. The van der Waals surface area contributed by atoms with E-state index in [0.29, 0.717) is 18.7 Å². The molecule has 2 aromatic heterocycles. The Balaban J connectivity index is 2.12. The number of carbonyl (C=O) groups excluding carboxylic acids is 1. The Labute approximate surface area is 140 Å². The van der Waals surface area contributed by atoms with E-state index in [2.05, 4.69) is 22.1 Å². The molecular weight excluding hydrogens is 308 g/mol. The fourth-order valence-electron chi connectivity index (χ4n) is 2.42. The minimum atomic E-state index is -0.608. The molecule has 0 fully saturated rings. The molecule has 7 nitrogen and oxygen atoms in total. The Hall–Kier alpha value is -2.41. The van der Waals surface area contributed by atoms with E-state index in [4.69, 9.17) is 0 Å². The summed E-state index contributed by atoms with van der Waals surface area (Å²) < 4.78 is 1.26. The molecule has 2 heterocycles. The van der Waals surface area contributed by atoms with Crippen molar-refractivity contribution >= 4 is 11.6 Å². The second kappa shape index (κ2) is 7.92. The van der Waals surface area contributed by atoms with Crippen LogP contribution in [-0.4, -0.2) is 52.0 Å². The number of hydrogen-bond donors (Lipinski definition) is 2. The van der Waals surface area contributed by atoms with Crippen LogP contribution in [0, 0.1) is 6.92 Å². The van der Waals surface area contributed by atoms with Gasteiger partial charge in [-0.1, -0.05) is 13.3 Å². The molecule has 0 atom stereocenters. The number of aromatic hydroxyl groups is 1. The van der Waals surface area contributed by atoms with Crippen molar-refractivity contribution in [1.29, 1.82) is 0 Å². The van der Waals surface area contributed by atoms with E-state index in [1.807, 2.05) is 14.0 Å². The van der Waals surface area contributed by atoms with Crippen molar-refractivity contribution in [2.24, 2.45) is 0 Å². The van der Waals surface area contributed by atoms with Gasteiger partial charge in [0.15, 0.2) is 5.56 Å². The number of aromatic nitrogens is 2. The third kappa shape index (κ3) is 4.11. The van der Waals surface area contributed by atoms with Crippen LogP contribution < -0.4 is 10.9 Å². The van der Waals surface area contributed by atoms with Crippen LogP contribution in [0.4, 0.5) is 0 Å². The lowest BCUT2D eigenvalue weighted by molar-refractivity contribution is 0.0944. The fourth-order valence-corrected chi connectivity index (χ4v) is 2.42. The number of nitrogens with zero attached hydrogens (tertiary/aromatic N) is 3. The average Bonchev–Trinajstić information content (AvgIpc) is 2.52. The fraction of sp³-hybridized carbons (Fsp3) is 0.471. The van der Waals surface area contributed by atoms with Gasteiger partial charge < -0.3 is 15.3 Å².